The van der Waals surface area contributed by atoms with Crippen molar-refractivity contribution < 1.29 is 4.79 Å². The van der Waals surface area contributed by atoms with Gasteiger partial charge in [0.1, 0.15) is 5.65 Å². The second kappa shape index (κ2) is 8.60. The minimum Gasteiger partial charge on any atom is -0.337 e. The fourth-order valence-corrected chi connectivity index (χ4v) is 4.29. The van der Waals surface area contributed by atoms with Crippen LogP contribution in [-0.4, -0.2) is 49.1 Å². The number of piperidine rings is 1. The lowest BCUT2D eigenvalue weighted by atomic mass is 10.1. The van der Waals surface area contributed by atoms with Gasteiger partial charge in [-0.05, 0) is 64.7 Å². The monoisotopic (exact) mass is 408 g/mol. The molecule has 1 amide bonds. The molecule has 1 atom stereocenters. The maximum absolute atomic E-state index is 13.3. The van der Waals surface area contributed by atoms with Crippen LogP contribution in [0.1, 0.15) is 59.3 Å². The Morgan fingerprint density at radius 1 is 1.20 bits per heavy atom. The maximum Gasteiger partial charge on any atom is 0.274 e. The number of amides is 1. The van der Waals surface area contributed by atoms with Crippen molar-refractivity contribution in [3.63, 3.8) is 0 Å². The molecule has 0 aliphatic carbocycles. The molecule has 1 fully saturated rings. The van der Waals surface area contributed by atoms with Crippen molar-refractivity contribution in [3.8, 4) is 0 Å². The molecule has 160 valence electrons. The molecular formula is C23H32N6O. The Morgan fingerprint density at radius 3 is 2.67 bits per heavy atom. The molecule has 30 heavy (non-hydrogen) atoms. The van der Waals surface area contributed by atoms with E-state index in [1.807, 2.05) is 41.8 Å². The number of hydrogen-bond acceptors (Lipinski definition) is 4. The standard InChI is InChI=1S/C23H32N6O/c1-16-9-8-12-28-20(14-24-18(3)15-29-19(4)13-17(2)26-29)21(25-22(16)28)23(30)27-10-6-5-7-11-27/h8-9,12-13,18,24H,5-7,10-11,14-15H2,1-4H3/t18-/m0/s1. The SMILES string of the molecule is Cc1cc(C)n(C[C@H](C)NCc2c(C(=O)N3CCCCC3)nc3c(C)cccn23)n1. The van der Waals surface area contributed by atoms with Crippen molar-refractivity contribution >= 4 is 11.6 Å². The molecule has 0 spiro atoms. The average Bonchev–Trinajstić information content (AvgIpc) is 3.26. The van der Waals surface area contributed by atoms with Crippen molar-refractivity contribution in [2.45, 2.75) is 66.1 Å². The molecule has 1 aliphatic heterocycles. The van der Waals surface area contributed by atoms with E-state index in [0.717, 1.165) is 60.8 Å². The Balaban J connectivity index is 1.57. The summed E-state index contributed by atoms with van der Waals surface area (Å²) in [5, 5.41) is 8.15. The van der Waals surface area contributed by atoms with Gasteiger partial charge in [0.25, 0.3) is 5.91 Å². The highest BCUT2D eigenvalue weighted by atomic mass is 16.2. The smallest absolute Gasteiger partial charge is 0.274 e. The van der Waals surface area contributed by atoms with Gasteiger partial charge in [0.2, 0.25) is 0 Å². The van der Waals surface area contributed by atoms with Gasteiger partial charge in [-0.1, -0.05) is 6.07 Å². The molecule has 0 saturated carbocycles. The van der Waals surface area contributed by atoms with Gasteiger partial charge >= 0.3 is 0 Å². The maximum atomic E-state index is 13.3. The van der Waals surface area contributed by atoms with E-state index in [-0.39, 0.29) is 11.9 Å². The van der Waals surface area contributed by atoms with Gasteiger partial charge in [0.05, 0.1) is 17.9 Å². The molecule has 7 nitrogen and oxygen atoms in total. The number of hydrogen-bond donors (Lipinski definition) is 1. The highest BCUT2D eigenvalue weighted by Gasteiger charge is 2.25. The van der Waals surface area contributed by atoms with Crippen LogP contribution in [0.5, 0.6) is 0 Å². The van der Waals surface area contributed by atoms with Gasteiger partial charge in [-0.3, -0.25) is 9.48 Å². The summed E-state index contributed by atoms with van der Waals surface area (Å²) < 4.78 is 4.10. The lowest BCUT2D eigenvalue weighted by Crippen LogP contribution is -2.37. The summed E-state index contributed by atoms with van der Waals surface area (Å²) in [6.07, 6.45) is 5.36. The zero-order valence-corrected chi connectivity index (χ0v) is 18.5. The normalized spacial score (nSPS) is 15.7. The summed E-state index contributed by atoms with van der Waals surface area (Å²) in [5.41, 5.74) is 5.65. The first-order chi connectivity index (χ1) is 14.4. The number of likely N-dealkylation sites (tertiary alicyclic amines) is 1. The fourth-order valence-electron chi connectivity index (χ4n) is 4.29. The Morgan fingerprint density at radius 2 is 1.97 bits per heavy atom. The van der Waals surface area contributed by atoms with E-state index >= 15 is 0 Å². The summed E-state index contributed by atoms with van der Waals surface area (Å²) >= 11 is 0. The third kappa shape index (κ3) is 4.12. The average molecular weight is 409 g/mol. The molecule has 0 bridgehead atoms. The molecule has 4 heterocycles. The molecule has 0 unspecified atom stereocenters. The Hall–Kier alpha value is -2.67. The molecule has 3 aromatic rings. The molecule has 4 rings (SSSR count). The first kappa shape index (κ1) is 20.6. The van der Waals surface area contributed by atoms with Crippen molar-refractivity contribution in [3.05, 3.63) is 52.7 Å². The van der Waals surface area contributed by atoms with Crippen LogP contribution >= 0.6 is 0 Å². The third-order valence-corrected chi connectivity index (χ3v) is 5.96. The molecule has 1 saturated heterocycles. The number of imidazole rings is 1. The minimum atomic E-state index is 0.0563. The summed E-state index contributed by atoms with van der Waals surface area (Å²) in [7, 11) is 0. The number of aryl methyl sites for hydroxylation is 3. The summed E-state index contributed by atoms with van der Waals surface area (Å²) in [4.78, 5) is 20.0. The molecule has 1 N–H and O–H groups in total. The molecule has 7 heteroatoms. The number of aromatic nitrogens is 4. The Labute approximate surface area is 178 Å². The highest BCUT2D eigenvalue weighted by Crippen LogP contribution is 2.20. The topological polar surface area (TPSA) is 67.5 Å². The van der Waals surface area contributed by atoms with Gasteiger partial charge in [-0.15, -0.1) is 0 Å². The number of pyridine rings is 1. The first-order valence-electron chi connectivity index (χ1n) is 10.9. The lowest BCUT2D eigenvalue weighted by molar-refractivity contribution is 0.0717. The van der Waals surface area contributed by atoms with Crippen molar-refractivity contribution in [2.75, 3.05) is 13.1 Å². The van der Waals surface area contributed by atoms with Crippen molar-refractivity contribution in [1.29, 1.82) is 0 Å². The van der Waals surface area contributed by atoms with Crippen LogP contribution in [0, 0.1) is 20.8 Å². The van der Waals surface area contributed by atoms with Gasteiger partial charge in [-0.25, -0.2) is 4.98 Å². The van der Waals surface area contributed by atoms with Crippen LogP contribution in [0.4, 0.5) is 0 Å². The van der Waals surface area contributed by atoms with Crippen molar-refractivity contribution in [1.82, 2.24) is 29.4 Å². The van der Waals surface area contributed by atoms with E-state index < -0.39 is 0 Å². The molecule has 0 radical (unpaired) electrons. The summed E-state index contributed by atoms with van der Waals surface area (Å²) in [6, 6.07) is 6.36. The van der Waals surface area contributed by atoms with Crippen LogP contribution in [0.3, 0.4) is 0 Å². The van der Waals surface area contributed by atoms with E-state index in [1.165, 1.54) is 6.42 Å². The number of nitrogens with zero attached hydrogens (tertiary/aromatic N) is 5. The molecule has 0 aromatic carbocycles. The second-order valence-electron chi connectivity index (χ2n) is 8.54. The fraction of sp³-hybridized carbons (Fsp3) is 0.522. The molecular weight excluding hydrogens is 376 g/mol. The van der Waals surface area contributed by atoms with Crippen LogP contribution in [0.15, 0.2) is 24.4 Å². The highest BCUT2D eigenvalue weighted by molar-refractivity contribution is 5.94. The molecule has 3 aromatic heterocycles. The zero-order valence-electron chi connectivity index (χ0n) is 18.5. The molecule has 1 aliphatic rings. The van der Waals surface area contributed by atoms with Crippen LogP contribution < -0.4 is 5.32 Å². The van der Waals surface area contributed by atoms with E-state index in [2.05, 4.69) is 34.7 Å². The van der Waals surface area contributed by atoms with Gasteiger partial charge in [0.15, 0.2) is 5.69 Å². The predicted molar refractivity (Wildman–Crippen MR) is 118 cm³/mol. The number of fused-ring (bicyclic) bond motifs is 1. The van der Waals surface area contributed by atoms with Crippen LogP contribution in [0.25, 0.3) is 5.65 Å². The third-order valence-electron chi connectivity index (χ3n) is 5.96. The van der Waals surface area contributed by atoms with Crippen LogP contribution in [-0.2, 0) is 13.1 Å². The number of nitrogens with one attached hydrogen (secondary N) is 1. The summed E-state index contributed by atoms with van der Waals surface area (Å²) in [6.45, 7) is 11.3. The second-order valence-corrected chi connectivity index (χ2v) is 8.54. The number of carbonyl (C=O) groups is 1. The van der Waals surface area contributed by atoms with Gasteiger partial charge < -0.3 is 14.6 Å². The Kier molecular flexibility index (Phi) is 5.90. The van der Waals surface area contributed by atoms with E-state index in [4.69, 9.17) is 4.98 Å². The van der Waals surface area contributed by atoms with Crippen molar-refractivity contribution in [2.24, 2.45) is 0 Å². The minimum absolute atomic E-state index is 0.0563. The van der Waals surface area contributed by atoms with Gasteiger partial charge in [-0.2, -0.15) is 5.10 Å². The lowest BCUT2D eigenvalue weighted by Gasteiger charge is -2.26. The predicted octanol–water partition coefficient (Wildman–Crippen LogP) is 3.26. The van der Waals surface area contributed by atoms with E-state index in [0.29, 0.717) is 12.2 Å². The largest absolute Gasteiger partial charge is 0.337 e. The summed E-state index contributed by atoms with van der Waals surface area (Å²) in [5.74, 6) is 0.0563. The zero-order chi connectivity index (χ0) is 21.3. The number of carbonyl (C=O) groups excluding carboxylic acids is 1. The van der Waals surface area contributed by atoms with E-state index in [1.54, 1.807) is 0 Å². The van der Waals surface area contributed by atoms with Gasteiger partial charge in [0, 0.05) is 37.6 Å². The number of rotatable bonds is 6. The first-order valence-corrected chi connectivity index (χ1v) is 10.9. The van der Waals surface area contributed by atoms with Crippen LogP contribution in [0.2, 0.25) is 0 Å². The van der Waals surface area contributed by atoms with E-state index in [9.17, 15) is 4.79 Å². The Bertz CT molecular complexity index is 1040. The quantitative estimate of drug-likeness (QED) is 0.680.